The van der Waals surface area contributed by atoms with E-state index in [0.717, 1.165) is 21.9 Å². The van der Waals surface area contributed by atoms with Crippen molar-refractivity contribution in [3.05, 3.63) is 83.7 Å². The number of aliphatic carboxylic acids is 1. The number of rotatable bonds is 9. The van der Waals surface area contributed by atoms with E-state index in [-0.39, 0.29) is 41.2 Å². The summed E-state index contributed by atoms with van der Waals surface area (Å²) in [5.74, 6) is -2.27. The molecule has 0 unspecified atom stereocenters. The highest BCUT2D eigenvalue weighted by atomic mass is 32.2. The fourth-order valence-corrected chi connectivity index (χ4v) is 6.09. The van der Waals surface area contributed by atoms with E-state index in [1.165, 1.54) is 41.3 Å². The molecule has 4 rings (SSSR count). The van der Waals surface area contributed by atoms with Gasteiger partial charge in [0.1, 0.15) is 11.5 Å². The minimum atomic E-state index is -1.33. The summed E-state index contributed by atoms with van der Waals surface area (Å²) in [6, 6.07) is 6.82. The Kier molecular flexibility index (Phi) is 6.80. The molecule has 0 bridgehead atoms. The first-order chi connectivity index (χ1) is 16.7. The molecule has 2 aliphatic heterocycles. The number of non-ortho nitro benzene ring substituents is 1. The minimum Gasteiger partial charge on any atom is -0.477 e. The Morgan fingerprint density at radius 3 is 2.57 bits per heavy atom. The van der Waals surface area contributed by atoms with Gasteiger partial charge in [-0.2, -0.15) is 0 Å². The van der Waals surface area contributed by atoms with Crippen molar-refractivity contribution in [3.63, 3.8) is 0 Å². The average molecular weight is 516 g/mol. The standard InChI is InChI=1S/C22H17N3O8S2/c26-15(9-16-2-1-7-34-16)10-17-20(27)23-19(22(28)29)13(11-35-21(17)23)4-3-12-5-6-14(24(30)31)8-18(12)25(32)33/h1-8,17,21H,9-11H2,(H,28,29)/b4-3+/t17-,21-/m1/s1. The minimum absolute atomic E-state index is 0.0258. The second-order valence-electron chi connectivity index (χ2n) is 7.78. The number of thioether (sulfide) groups is 1. The Morgan fingerprint density at radius 2 is 1.94 bits per heavy atom. The summed E-state index contributed by atoms with van der Waals surface area (Å²) in [6.45, 7) is 0. The fourth-order valence-electron chi connectivity index (χ4n) is 3.97. The number of benzene rings is 1. The van der Waals surface area contributed by atoms with Crippen LogP contribution in [0, 0.1) is 26.1 Å². The number of allylic oxidation sites excluding steroid dienone is 1. The Hall–Kier alpha value is -3.84. The molecule has 0 aliphatic carbocycles. The average Bonchev–Trinajstić information content (AvgIpc) is 3.33. The van der Waals surface area contributed by atoms with E-state index in [2.05, 4.69) is 0 Å². The number of carbonyl (C=O) groups is 3. The normalized spacial score (nSPS) is 19.4. The zero-order valence-corrected chi connectivity index (χ0v) is 19.5. The van der Waals surface area contributed by atoms with E-state index in [9.17, 15) is 39.7 Å². The number of ketones is 1. The summed E-state index contributed by atoms with van der Waals surface area (Å²) in [5.41, 5.74) is -0.860. The van der Waals surface area contributed by atoms with Crippen LogP contribution in [-0.4, -0.2) is 48.6 Å². The summed E-state index contributed by atoms with van der Waals surface area (Å²) in [7, 11) is 0. The van der Waals surface area contributed by atoms with Crippen LogP contribution in [0.2, 0.25) is 0 Å². The van der Waals surface area contributed by atoms with Crippen molar-refractivity contribution >= 4 is 58.2 Å². The van der Waals surface area contributed by atoms with Crippen LogP contribution in [0.3, 0.4) is 0 Å². The number of thiophene rings is 1. The largest absolute Gasteiger partial charge is 0.477 e. The lowest BCUT2D eigenvalue weighted by Crippen LogP contribution is -2.61. The highest BCUT2D eigenvalue weighted by Crippen LogP contribution is 2.45. The molecular weight excluding hydrogens is 498 g/mol. The first-order valence-corrected chi connectivity index (χ1v) is 12.2. The first kappa shape index (κ1) is 24.3. The van der Waals surface area contributed by atoms with Crippen LogP contribution < -0.4 is 0 Å². The van der Waals surface area contributed by atoms with Gasteiger partial charge in [0.25, 0.3) is 11.4 Å². The van der Waals surface area contributed by atoms with Gasteiger partial charge in [0, 0.05) is 29.5 Å². The lowest BCUT2D eigenvalue weighted by Gasteiger charge is -2.49. The molecule has 0 saturated carbocycles. The first-order valence-electron chi connectivity index (χ1n) is 10.2. The molecule has 11 nitrogen and oxygen atoms in total. The van der Waals surface area contributed by atoms with Crippen LogP contribution in [0.1, 0.15) is 16.9 Å². The van der Waals surface area contributed by atoms with E-state index in [1.807, 2.05) is 17.5 Å². The molecule has 2 aromatic rings. The molecule has 1 fully saturated rings. The van der Waals surface area contributed by atoms with Gasteiger partial charge >= 0.3 is 5.97 Å². The number of carboxylic acids is 1. The lowest BCUT2D eigenvalue weighted by molar-refractivity contribution is -0.394. The van der Waals surface area contributed by atoms with Crippen LogP contribution >= 0.6 is 23.1 Å². The van der Waals surface area contributed by atoms with Gasteiger partial charge in [0.05, 0.1) is 32.8 Å². The van der Waals surface area contributed by atoms with Crippen LogP contribution in [-0.2, 0) is 20.8 Å². The number of nitro benzene ring substituents is 2. The number of nitrogens with zero attached hydrogens (tertiary/aromatic N) is 3. The molecule has 1 amide bonds. The quantitative estimate of drug-likeness (QED) is 0.298. The predicted molar refractivity (Wildman–Crippen MR) is 128 cm³/mol. The number of Topliss-reactive ketones (excluding diaryl/α,β-unsaturated/α-hetero) is 1. The summed E-state index contributed by atoms with van der Waals surface area (Å²) >= 11 is 2.77. The van der Waals surface area contributed by atoms with Gasteiger partial charge in [0.2, 0.25) is 5.91 Å². The summed E-state index contributed by atoms with van der Waals surface area (Å²) < 4.78 is 0. The molecule has 1 aromatic heterocycles. The zero-order valence-electron chi connectivity index (χ0n) is 17.9. The van der Waals surface area contributed by atoms with Crippen molar-refractivity contribution in [2.24, 2.45) is 5.92 Å². The van der Waals surface area contributed by atoms with Crippen LogP contribution in [0.15, 0.2) is 53.1 Å². The molecule has 0 spiro atoms. The van der Waals surface area contributed by atoms with Crippen molar-refractivity contribution < 1.29 is 29.3 Å². The second-order valence-corrected chi connectivity index (χ2v) is 9.92. The summed E-state index contributed by atoms with van der Waals surface area (Å²) in [4.78, 5) is 60.0. The van der Waals surface area contributed by atoms with E-state index >= 15 is 0 Å². The molecule has 0 radical (unpaired) electrons. The molecule has 35 heavy (non-hydrogen) atoms. The van der Waals surface area contributed by atoms with Gasteiger partial charge in [-0.1, -0.05) is 12.1 Å². The molecule has 2 aliphatic rings. The number of nitro groups is 2. The smallest absolute Gasteiger partial charge is 0.352 e. The third kappa shape index (κ3) is 4.86. The Balaban J connectivity index is 1.55. The fraction of sp³-hybridized carbons (Fsp3) is 0.227. The van der Waals surface area contributed by atoms with Crippen molar-refractivity contribution in [3.8, 4) is 0 Å². The molecule has 1 aromatic carbocycles. The summed E-state index contributed by atoms with van der Waals surface area (Å²) in [6.07, 6.45) is 2.91. The third-order valence-electron chi connectivity index (χ3n) is 5.60. The highest BCUT2D eigenvalue weighted by Gasteiger charge is 2.53. The van der Waals surface area contributed by atoms with Crippen molar-refractivity contribution in [1.82, 2.24) is 4.90 Å². The zero-order chi connectivity index (χ0) is 25.3. The topological polar surface area (TPSA) is 161 Å². The second kappa shape index (κ2) is 9.80. The molecule has 2 atom stereocenters. The number of β-lactam (4-membered cyclic amide) rings is 1. The van der Waals surface area contributed by atoms with Crippen molar-refractivity contribution in [2.45, 2.75) is 18.2 Å². The number of carbonyl (C=O) groups excluding carboxylic acids is 2. The lowest BCUT2D eigenvalue weighted by atomic mass is 9.89. The van der Waals surface area contributed by atoms with E-state index in [4.69, 9.17) is 0 Å². The molecule has 1 saturated heterocycles. The van der Waals surface area contributed by atoms with Crippen molar-refractivity contribution in [2.75, 3.05) is 5.75 Å². The monoisotopic (exact) mass is 515 g/mol. The number of fused-ring (bicyclic) bond motifs is 1. The van der Waals surface area contributed by atoms with E-state index in [1.54, 1.807) is 0 Å². The molecule has 3 heterocycles. The Morgan fingerprint density at radius 1 is 1.17 bits per heavy atom. The highest BCUT2D eigenvalue weighted by molar-refractivity contribution is 8.00. The van der Waals surface area contributed by atoms with Crippen molar-refractivity contribution in [1.29, 1.82) is 0 Å². The molecular formula is C22H17N3O8S2. The van der Waals surface area contributed by atoms with Gasteiger partial charge in [0.15, 0.2) is 0 Å². The number of hydrogen-bond acceptors (Lipinski definition) is 9. The summed E-state index contributed by atoms with van der Waals surface area (Å²) in [5, 5.41) is 33.4. The number of carboxylic acid groups (broad SMARTS) is 1. The van der Waals surface area contributed by atoms with Crippen LogP contribution in [0.25, 0.3) is 6.08 Å². The predicted octanol–water partition coefficient (Wildman–Crippen LogP) is 3.65. The molecule has 180 valence electrons. The van der Waals surface area contributed by atoms with Gasteiger partial charge in [-0.05, 0) is 29.2 Å². The van der Waals surface area contributed by atoms with Gasteiger partial charge < -0.3 is 5.11 Å². The van der Waals surface area contributed by atoms with Gasteiger partial charge in [-0.3, -0.25) is 34.7 Å². The number of hydrogen-bond donors (Lipinski definition) is 1. The van der Waals surface area contributed by atoms with Gasteiger partial charge in [-0.25, -0.2) is 4.79 Å². The van der Waals surface area contributed by atoms with E-state index in [0.29, 0.717) is 0 Å². The van der Waals surface area contributed by atoms with Crippen LogP contribution in [0.4, 0.5) is 11.4 Å². The molecule has 1 N–H and O–H groups in total. The third-order valence-corrected chi connectivity index (χ3v) is 7.83. The maximum atomic E-state index is 12.8. The number of amides is 1. The van der Waals surface area contributed by atoms with Crippen LogP contribution in [0.5, 0.6) is 0 Å². The Labute approximate surface area is 206 Å². The Bertz CT molecular complexity index is 1300. The van der Waals surface area contributed by atoms with Gasteiger partial charge in [-0.15, -0.1) is 23.1 Å². The van der Waals surface area contributed by atoms with E-state index < -0.39 is 44.4 Å². The molecule has 13 heteroatoms. The maximum Gasteiger partial charge on any atom is 0.352 e. The maximum absolute atomic E-state index is 12.8. The SMILES string of the molecule is O=C(Cc1cccs1)C[C@@H]1C(=O)N2C(C(=O)O)=C(/C=C/c3ccc([N+](=O)[O-])cc3[N+](=O)[O-])CS[C@H]12.